The van der Waals surface area contributed by atoms with Gasteiger partial charge in [0.2, 0.25) is 5.91 Å². The van der Waals surface area contributed by atoms with Crippen LogP contribution in [0.1, 0.15) is 44.0 Å². The van der Waals surface area contributed by atoms with Crippen LogP contribution in [0.3, 0.4) is 0 Å². The highest BCUT2D eigenvalue weighted by atomic mass is 16.6. The Morgan fingerprint density at radius 2 is 1.58 bits per heavy atom. The molecule has 0 bridgehead atoms. The predicted octanol–water partition coefficient (Wildman–Crippen LogP) is 4.26. The van der Waals surface area contributed by atoms with Crippen LogP contribution in [-0.4, -0.2) is 35.4 Å². The Kier molecular flexibility index (Phi) is 5.48. The van der Waals surface area contributed by atoms with Gasteiger partial charge in [-0.05, 0) is 23.8 Å². The highest BCUT2D eigenvalue weighted by molar-refractivity contribution is 5.95. The molecule has 1 amide bonds. The molecule has 2 aliphatic heterocycles. The Labute approximate surface area is 191 Å². The average Bonchev–Trinajstić information content (AvgIpc) is 3.40. The molecular formula is C27H21NO5. The normalized spacial score (nSPS) is 19.8. The van der Waals surface area contributed by atoms with E-state index in [1.807, 2.05) is 48.5 Å². The summed E-state index contributed by atoms with van der Waals surface area (Å²) in [5.74, 6) is -1.11. The van der Waals surface area contributed by atoms with E-state index in [-0.39, 0.29) is 12.5 Å². The first-order valence-electron chi connectivity index (χ1n) is 10.7. The predicted molar refractivity (Wildman–Crippen MR) is 120 cm³/mol. The summed E-state index contributed by atoms with van der Waals surface area (Å²) >= 11 is 0. The second-order valence-corrected chi connectivity index (χ2v) is 7.90. The van der Waals surface area contributed by atoms with E-state index in [0.29, 0.717) is 11.1 Å². The van der Waals surface area contributed by atoms with Crippen LogP contribution < -0.4 is 0 Å². The maximum atomic E-state index is 13.0. The first kappa shape index (κ1) is 20.7. The van der Waals surface area contributed by atoms with Crippen molar-refractivity contribution in [2.24, 2.45) is 0 Å². The van der Waals surface area contributed by atoms with Crippen molar-refractivity contribution in [2.45, 2.75) is 18.2 Å². The SMILES string of the molecule is O=C(OC[C@@H](c1ccccc1)N1C(=O)C=C[C@@H]1[C@H]1OC(=O)c2ccccc21)c1ccccc1. The number of rotatable bonds is 6. The molecular weight excluding hydrogens is 418 g/mol. The quantitative estimate of drug-likeness (QED) is 0.537. The summed E-state index contributed by atoms with van der Waals surface area (Å²) < 4.78 is 11.3. The van der Waals surface area contributed by atoms with E-state index in [1.54, 1.807) is 47.4 Å². The lowest BCUT2D eigenvalue weighted by molar-refractivity contribution is -0.132. The molecule has 6 nitrogen and oxygen atoms in total. The monoisotopic (exact) mass is 439 g/mol. The summed E-state index contributed by atoms with van der Waals surface area (Å²) in [7, 11) is 0. The van der Waals surface area contributed by atoms with Crippen molar-refractivity contribution < 1.29 is 23.9 Å². The van der Waals surface area contributed by atoms with E-state index < -0.39 is 30.1 Å². The first-order valence-corrected chi connectivity index (χ1v) is 10.7. The van der Waals surface area contributed by atoms with Crippen LogP contribution in [0.2, 0.25) is 0 Å². The number of benzene rings is 3. The molecule has 6 heteroatoms. The Hall–Kier alpha value is -4.19. The zero-order chi connectivity index (χ0) is 22.8. The standard InChI is InChI=1S/C27H21NO5/c29-24-16-15-22(25-20-13-7-8-14-21(20)27(31)33-25)28(24)23(18-9-3-1-4-10-18)17-32-26(30)19-11-5-2-6-12-19/h1-16,22-23,25H,17H2/t22-,23+,25+/m1/s1. The van der Waals surface area contributed by atoms with E-state index in [4.69, 9.17) is 9.47 Å². The third-order valence-corrected chi connectivity index (χ3v) is 5.94. The fourth-order valence-electron chi connectivity index (χ4n) is 4.37. The summed E-state index contributed by atoms with van der Waals surface area (Å²) in [6.07, 6.45) is 2.60. The van der Waals surface area contributed by atoms with Gasteiger partial charge >= 0.3 is 11.9 Å². The van der Waals surface area contributed by atoms with Crippen LogP contribution in [0.4, 0.5) is 0 Å². The molecule has 33 heavy (non-hydrogen) atoms. The lowest BCUT2D eigenvalue weighted by atomic mass is 9.97. The number of cyclic esters (lactones) is 1. The molecule has 0 N–H and O–H groups in total. The topological polar surface area (TPSA) is 72.9 Å². The Morgan fingerprint density at radius 1 is 0.909 bits per heavy atom. The fraction of sp³-hybridized carbons (Fsp3) is 0.148. The van der Waals surface area contributed by atoms with Crippen molar-refractivity contribution in [1.82, 2.24) is 4.90 Å². The number of esters is 2. The molecule has 0 saturated heterocycles. The van der Waals surface area contributed by atoms with Gasteiger partial charge in [-0.3, -0.25) is 4.79 Å². The van der Waals surface area contributed by atoms with Crippen molar-refractivity contribution in [3.8, 4) is 0 Å². The van der Waals surface area contributed by atoms with Crippen molar-refractivity contribution in [1.29, 1.82) is 0 Å². The minimum absolute atomic E-state index is 0.0377. The number of hydrogen-bond donors (Lipinski definition) is 0. The van der Waals surface area contributed by atoms with Gasteiger partial charge in [0.15, 0.2) is 6.10 Å². The number of amides is 1. The molecule has 0 radical (unpaired) electrons. The minimum Gasteiger partial charge on any atom is -0.460 e. The van der Waals surface area contributed by atoms with E-state index in [0.717, 1.165) is 11.1 Å². The Bertz CT molecular complexity index is 1220. The lowest BCUT2D eigenvalue weighted by Gasteiger charge is -2.35. The maximum Gasteiger partial charge on any atom is 0.339 e. The molecule has 0 aliphatic carbocycles. The molecule has 3 atom stereocenters. The Morgan fingerprint density at radius 3 is 2.33 bits per heavy atom. The minimum atomic E-state index is -0.632. The average molecular weight is 439 g/mol. The summed E-state index contributed by atoms with van der Waals surface area (Å²) in [6.45, 7) is -0.0377. The number of fused-ring (bicyclic) bond motifs is 1. The smallest absolute Gasteiger partial charge is 0.339 e. The van der Waals surface area contributed by atoms with Crippen molar-refractivity contribution in [2.75, 3.05) is 6.61 Å². The van der Waals surface area contributed by atoms with E-state index in [2.05, 4.69) is 0 Å². The molecule has 2 heterocycles. The summed E-state index contributed by atoms with van der Waals surface area (Å²) in [5.41, 5.74) is 2.50. The van der Waals surface area contributed by atoms with Gasteiger partial charge in [-0.15, -0.1) is 0 Å². The van der Waals surface area contributed by atoms with Gasteiger partial charge in [0, 0.05) is 11.6 Å². The summed E-state index contributed by atoms with van der Waals surface area (Å²) in [5, 5.41) is 0. The van der Waals surface area contributed by atoms with Gasteiger partial charge in [0.1, 0.15) is 6.61 Å². The third-order valence-electron chi connectivity index (χ3n) is 5.94. The summed E-state index contributed by atoms with van der Waals surface area (Å²) in [4.78, 5) is 39.7. The zero-order valence-electron chi connectivity index (χ0n) is 17.7. The van der Waals surface area contributed by atoms with Crippen LogP contribution in [-0.2, 0) is 14.3 Å². The van der Waals surface area contributed by atoms with E-state index >= 15 is 0 Å². The van der Waals surface area contributed by atoms with Crippen molar-refractivity contribution in [3.63, 3.8) is 0 Å². The van der Waals surface area contributed by atoms with Gasteiger partial charge in [-0.1, -0.05) is 72.8 Å². The van der Waals surface area contributed by atoms with Crippen molar-refractivity contribution >= 4 is 17.8 Å². The van der Waals surface area contributed by atoms with Gasteiger partial charge in [0.25, 0.3) is 0 Å². The molecule has 2 aliphatic rings. The van der Waals surface area contributed by atoms with Gasteiger partial charge in [-0.25, -0.2) is 9.59 Å². The molecule has 0 spiro atoms. The van der Waals surface area contributed by atoms with Gasteiger partial charge in [0.05, 0.1) is 23.2 Å². The van der Waals surface area contributed by atoms with Crippen LogP contribution in [0.5, 0.6) is 0 Å². The molecule has 0 aromatic heterocycles. The highest BCUT2D eigenvalue weighted by Crippen LogP contribution is 2.40. The van der Waals surface area contributed by atoms with Crippen LogP contribution >= 0.6 is 0 Å². The van der Waals surface area contributed by atoms with Crippen LogP contribution in [0.25, 0.3) is 0 Å². The molecule has 5 rings (SSSR count). The number of carbonyl (C=O) groups is 3. The van der Waals surface area contributed by atoms with E-state index in [9.17, 15) is 14.4 Å². The molecule has 3 aromatic carbocycles. The fourth-order valence-corrected chi connectivity index (χ4v) is 4.37. The third kappa shape index (κ3) is 3.91. The molecule has 0 saturated carbocycles. The van der Waals surface area contributed by atoms with Crippen molar-refractivity contribution in [3.05, 3.63) is 119 Å². The van der Waals surface area contributed by atoms with Gasteiger partial charge in [-0.2, -0.15) is 0 Å². The zero-order valence-corrected chi connectivity index (χ0v) is 17.7. The Balaban J connectivity index is 1.46. The van der Waals surface area contributed by atoms with Crippen LogP contribution in [0.15, 0.2) is 97.1 Å². The highest BCUT2D eigenvalue weighted by Gasteiger charge is 2.44. The molecule has 0 unspecified atom stereocenters. The second kappa shape index (κ2) is 8.74. The van der Waals surface area contributed by atoms with E-state index in [1.165, 1.54) is 6.08 Å². The molecule has 164 valence electrons. The number of hydrogen-bond acceptors (Lipinski definition) is 5. The van der Waals surface area contributed by atoms with Crippen LogP contribution in [0, 0.1) is 0 Å². The lowest BCUT2D eigenvalue weighted by Crippen LogP contribution is -2.42. The summed E-state index contributed by atoms with van der Waals surface area (Å²) in [6, 6.07) is 24.2. The maximum absolute atomic E-state index is 13.0. The number of nitrogens with zero attached hydrogens (tertiary/aromatic N) is 1. The molecule has 3 aromatic rings. The largest absolute Gasteiger partial charge is 0.460 e. The first-order chi connectivity index (χ1) is 16.1. The molecule has 0 fully saturated rings. The van der Waals surface area contributed by atoms with Gasteiger partial charge < -0.3 is 14.4 Å². The number of carbonyl (C=O) groups excluding carboxylic acids is 3. The number of ether oxygens (including phenoxy) is 2. The second-order valence-electron chi connectivity index (χ2n) is 7.90.